The van der Waals surface area contributed by atoms with Gasteiger partial charge in [-0.25, -0.2) is 4.98 Å². The first-order chi connectivity index (χ1) is 17.0. The number of carbonyl (C=O) groups is 1. The molecule has 0 radical (unpaired) electrons. The van der Waals surface area contributed by atoms with Gasteiger partial charge in [-0.15, -0.1) is 0 Å². The highest BCUT2D eigenvalue weighted by molar-refractivity contribution is 6.32. The fourth-order valence-electron chi connectivity index (χ4n) is 3.47. The maximum atomic E-state index is 13.0. The number of benzene rings is 2. The Hall–Kier alpha value is -3.91. The summed E-state index contributed by atoms with van der Waals surface area (Å²) in [6, 6.07) is 14.1. The van der Waals surface area contributed by atoms with Crippen LogP contribution in [0.4, 0.5) is 5.69 Å². The zero-order valence-electron chi connectivity index (χ0n) is 19.7. The van der Waals surface area contributed by atoms with Crippen LogP contribution in [0.1, 0.15) is 29.4 Å². The number of hydrogen-bond donors (Lipinski definition) is 1. The quantitative estimate of drug-likeness (QED) is 0.307. The number of imidazole rings is 1. The Kier molecular flexibility index (Phi) is 7.62. The summed E-state index contributed by atoms with van der Waals surface area (Å²) >= 11 is 6.36. The second-order valence-corrected chi connectivity index (χ2v) is 8.05. The van der Waals surface area contributed by atoms with Crippen LogP contribution in [0.25, 0.3) is 5.65 Å². The van der Waals surface area contributed by atoms with E-state index in [0.717, 1.165) is 17.8 Å². The lowest BCUT2D eigenvalue weighted by molar-refractivity contribution is 0.102. The summed E-state index contributed by atoms with van der Waals surface area (Å²) in [7, 11) is 3.06. The molecule has 182 valence electrons. The molecule has 1 N–H and O–H groups in total. The number of carbonyl (C=O) groups excluding carboxylic acids is 1. The number of amides is 1. The van der Waals surface area contributed by atoms with Crippen molar-refractivity contribution in [3.63, 3.8) is 0 Å². The number of nitrogens with zero attached hydrogens (tertiary/aromatic N) is 2. The van der Waals surface area contributed by atoms with E-state index in [9.17, 15) is 4.79 Å². The number of methoxy groups -OCH3 is 2. The molecule has 2 aromatic heterocycles. The van der Waals surface area contributed by atoms with Crippen LogP contribution in [0.5, 0.6) is 23.0 Å². The second-order valence-electron chi connectivity index (χ2n) is 7.64. The minimum Gasteiger partial charge on any atom is -0.493 e. The van der Waals surface area contributed by atoms with Crippen LogP contribution >= 0.6 is 11.6 Å². The molecular formula is C26H26ClN3O5. The third kappa shape index (κ3) is 5.60. The second kappa shape index (κ2) is 11.0. The molecule has 0 aliphatic heterocycles. The molecule has 35 heavy (non-hydrogen) atoms. The van der Waals surface area contributed by atoms with E-state index in [1.807, 2.05) is 41.9 Å². The summed E-state index contributed by atoms with van der Waals surface area (Å²) in [5.41, 5.74) is 2.46. The van der Waals surface area contributed by atoms with Crippen molar-refractivity contribution in [1.82, 2.24) is 9.38 Å². The van der Waals surface area contributed by atoms with Gasteiger partial charge in [0.2, 0.25) is 0 Å². The summed E-state index contributed by atoms with van der Waals surface area (Å²) in [5.74, 6) is 1.46. The molecule has 2 aromatic carbocycles. The predicted molar refractivity (Wildman–Crippen MR) is 134 cm³/mol. The molecule has 0 bridgehead atoms. The summed E-state index contributed by atoms with van der Waals surface area (Å²) in [4.78, 5) is 17.5. The molecule has 0 aliphatic rings. The highest BCUT2D eigenvalue weighted by Gasteiger charge is 2.17. The number of halogens is 1. The van der Waals surface area contributed by atoms with Crippen molar-refractivity contribution in [2.45, 2.75) is 20.0 Å². The highest BCUT2D eigenvalue weighted by Crippen LogP contribution is 2.37. The largest absolute Gasteiger partial charge is 0.493 e. The van der Waals surface area contributed by atoms with Crippen LogP contribution in [-0.4, -0.2) is 36.1 Å². The standard InChI is InChI=1S/C26H26ClN3O5/c1-4-11-34-25-20(27)12-17(13-23(25)33-3)26(31)29-18-8-9-21(32-2)22(14-18)35-16-19-15-30-10-6-5-7-24(30)28-19/h5-10,12-15H,4,11,16H2,1-3H3,(H,29,31). The third-order valence-electron chi connectivity index (χ3n) is 5.15. The van der Waals surface area contributed by atoms with Gasteiger partial charge in [-0.05, 0) is 42.8 Å². The van der Waals surface area contributed by atoms with Crippen molar-refractivity contribution in [3.8, 4) is 23.0 Å². The van der Waals surface area contributed by atoms with Crippen LogP contribution in [0, 0.1) is 0 Å². The predicted octanol–water partition coefficient (Wildman–Crippen LogP) is 5.63. The van der Waals surface area contributed by atoms with Crippen molar-refractivity contribution in [2.24, 2.45) is 0 Å². The van der Waals surface area contributed by atoms with Gasteiger partial charge < -0.3 is 28.7 Å². The van der Waals surface area contributed by atoms with Crippen molar-refractivity contribution >= 4 is 28.8 Å². The maximum Gasteiger partial charge on any atom is 0.255 e. The fraction of sp³-hybridized carbons (Fsp3) is 0.231. The molecule has 0 unspecified atom stereocenters. The van der Waals surface area contributed by atoms with Gasteiger partial charge in [-0.1, -0.05) is 24.6 Å². The van der Waals surface area contributed by atoms with Gasteiger partial charge in [0, 0.05) is 29.7 Å². The van der Waals surface area contributed by atoms with E-state index in [2.05, 4.69) is 10.3 Å². The Labute approximate surface area is 208 Å². The topological polar surface area (TPSA) is 83.3 Å². The van der Waals surface area contributed by atoms with E-state index in [0.29, 0.717) is 45.9 Å². The molecule has 1 amide bonds. The van der Waals surface area contributed by atoms with E-state index >= 15 is 0 Å². The molecule has 0 aliphatic carbocycles. The van der Waals surface area contributed by atoms with Gasteiger partial charge in [0.15, 0.2) is 23.0 Å². The van der Waals surface area contributed by atoms with E-state index in [1.165, 1.54) is 7.11 Å². The minimum absolute atomic E-state index is 0.238. The van der Waals surface area contributed by atoms with E-state index in [1.54, 1.807) is 37.4 Å². The SMILES string of the molecule is CCCOc1c(Cl)cc(C(=O)Nc2ccc(OC)c(OCc3cn4ccccc4n3)c2)cc1OC. The molecule has 2 heterocycles. The Bertz CT molecular complexity index is 1310. The van der Waals surface area contributed by atoms with Gasteiger partial charge in [0.1, 0.15) is 12.3 Å². The molecule has 0 saturated carbocycles. The van der Waals surface area contributed by atoms with Gasteiger partial charge in [0.25, 0.3) is 5.91 Å². The molecule has 4 aromatic rings. The highest BCUT2D eigenvalue weighted by atomic mass is 35.5. The van der Waals surface area contributed by atoms with E-state index < -0.39 is 0 Å². The zero-order chi connectivity index (χ0) is 24.8. The Balaban J connectivity index is 1.50. The number of hydrogen-bond acceptors (Lipinski definition) is 6. The van der Waals surface area contributed by atoms with E-state index in [4.69, 9.17) is 30.5 Å². The summed E-state index contributed by atoms with van der Waals surface area (Å²) < 4.78 is 24.3. The molecule has 9 heteroatoms. The number of pyridine rings is 1. The first kappa shape index (κ1) is 24.2. The van der Waals surface area contributed by atoms with Crippen molar-refractivity contribution in [3.05, 3.63) is 77.2 Å². The van der Waals surface area contributed by atoms with Crippen LogP contribution in [0.3, 0.4) is 0 Å². The van der Waals surface area contributed by atoms with Crippen molar-refractivity contribution < 1.29 is 23.7 Å². The van der Waals surface area contributed by atoms with Crippen LogP contribution in [0.15, 0.2) is 60.9 Å². The lowest BCUT2D eigenvalue weighted by atomic mass is 10.1. The Morgan fingerprint density at radius 2 is 1.86 bits per heavy atom. The van der Waals surface area contributed by atoms with Gasteiger partial charge in [0.05, 0.1) is 31.5 Å². The summed E-state index contributed by atoms with van der Waals surface area (Å²) in [6.07, 6.45) is 4.64. The Morgan fingerprint density at radius 1 is 1.03 bits per heavy atom. The lowest BCUT2D eigenvalue weighted by Crippen LogP contribution is -2.13. The monoisotopic (exact) mass is 495 g/mol. The average Bonchev–Trinajstić information content (AvgIpc) is 3.29. The third-order valence-corrected chi connectivity index (χ3v) is 5.43. The first-order valence-corrected chi connectivity index (χ1v) is 11.4. The average molecular weight is 496 g/mol. The Morgan fingerprint density at radius 3 is 2.60 bits per heavy atom. The molecule has 4 rings (SSSR count). The van der Waals surface area contributed by atoms with Gasteiger partial charge >= 0.3 is 0 Å². The number of anilines is 1. The lowest BCUT2D eigenvalue weighted by Gasteiger charge is -2.15. The van der Waals surface area contributed by atoms with Crippen LogP contribution < -0.4 is 24.3 Å². The molecule has 0 fully saturated rings. The number of fused-ring (bicyclic) bond motifs is 1. The summed E-state index contributed by atoms with van der Waals surface area (Å²) in [5, 5.41) is 3.16. The minimum atomic E-state index is -0.358. The molecule has 8 nitrogen and oxygen atoms in total. The molecule has 0 atom stereocenters. The van der Waals surface area contributed by atoms with Crippen LogP contribution in [-0.2, 0) is 6.61 Å². The van der Waals surface area contributed by atoms with Gasteiger partial charge in [-0.2, -0.15) is 0 Å². The molecular weight excluding hydrogens is 470 g/mol. The fourth-order valence-corrected chi connectivity index (χ4v) is 3.74. The van der Waals surface area contributed by atoms with Gasteiger partial charge in [-0.3, -0.25) is 4.79 Å². The van der Waals surface area contributed by atoms with Crippen LogP contribution in [0.2, 0.25) is 5.02 Å². The number of aromatic nitrogens is 2. The first-order valence-electron chi connectivity index (χ1n) is 11.1. The summed E-state index contributed by atoms with van der Waals surface area (Å²) in [6.45, 7) is 2.72. The molecule has 0 spiro atoms. The maximum absolute atomic E-state index is 13.0. The van der Waals surface area contributed by atoms with Crippen molar-refractivity contribution in [2.75, 3.05) is 26.1 Å². The molecule has 0 saturated heterocycles. The van der Waals surface area contributed by atoms with Crippen molar-refractivity contribution in [1.29, 1.82) is 0 Å². The van der Waals surface area contributed by atoms with E-state index in [-0.39, 0.29) is 12.5 Å². The number of nitrogens with one attached hydrogen (secondary N) is 1. The normalized spacial score (nSPS) is 10.7. The number of rotatable bonds is 10. The smallest absolute Gasteiger partial charge is 0.255 e. The number of ether oxygens (including phenoxy) is 4. The zero-order valence-corrected chi connectivity index (χ0v) is 20.5.